The molecule has 4 heteroatoms. The molecule has 0 unspecified atom stereocenters. The van der Waals surface area contributed by atoms with Crippen molar-refractivity contribution in [2.24, 2.45) is 0 Å². The van der Waals surface area contributed by atoms with Gasteiger partial charge in [-0.05, 0) is 39.0 Å². The van der Waals surface area contributed by atoms with Crippen LogP contribution in [0.3, 0.4) is 0 Å². The molecule has 0 saturated heterocycles. The van der Waals surface area contributed by atoms with Gasteiger partial charge in [-0.2, -0.15) is 0 Å². The third-order valence-electron chi connectivity index (χ3n) is 2.19. The number of hydrogen-bond donors (Lipinski definition) is 0. The first-order valence-electron chi connectivity index (χ1n) is 5.30. The molecule has 1 heterocycles. The molecule has 0 N–H and O–H groups in total. The van der Waals surface area contributed by atoms with Gasteiger partial charge < -0.3 is 4.74 Å². The van der Waals surface area contributed by atoms with Crippen LogP contribution in [0.5, 0.6) is 5.88 Å². The van der Waals surface area contributed by atoms with Gasteiger partial charge in [-0.3, -0.25) is 0 Å². The van der Waals surface area contributed by atoms with Crippen LogP contribution in [-0.2, 0) is 0 Å². The van der Waals surface area contributed by atoms with Gasteiger partial charge in [-0.15, -0.1) is 0 Å². The van der Waals surface area contributed by atoms with E-state index in [1.165, 1.54) is 6.07 Å². The predicted molar refractivity (Wildman–Crippen MR) is 69.8 cm³/mol. The van der Waals surface area contributed by atoms with E-state index < -0.39 is 5.60 Å². The third-order valence-corrected chi connectivity index (χ3v) is 2.88. The normalized spacial score (nSPS) is 11.8. The summed E-state index contributed by atoms with van der Waals surface area (Å²) in [5.74, 6) is 0.00403. The molecule has 1 aromatic heterocycles. The molecule has 1 aromatic carbocycles. The maximum atomic E-state index is 13.9. The summed E-state index contributed by atoms with van der Waals surface area (Å²) in [6.07, 6.45) is 1.62. The van der Waals surface area contributed by atoms with Crippen LogP contribution in [-0.4, -0.2) is 10.6 Å². The Morgan fingerprint density at radius 1 is 1.24 bits per heavy atom. The smallest absolute Gasteiger partial charge is 0.224 e. The van der Waals surface area contributed by atoms with E-state index in [1.54, 1.807) is 18.3 Å². The van der Waals surface area contributed by atoms with E-state index in [9.17, 15) is 4.39 Å². The topological polar surface area (TPSA) is 22.1 Å². The van der Waals surface area contributed by atoms with Gasteiger partial charge >= 0.3 is 0 Å². The molecule has 2 nitrogen and oxygen atoms in total. The Labute approximate surface area is 108 Å². The molecule has 0 atom stereocenters. The van der Waals surface area contributed by atoms with Crippen molar-refractivity contribution in [3.8, 4) is 5.88 Å². The van der Waals surface area contributed by atoms with Crippen LogP contribution >= 0.6 is 15.9 Å². The Morgan fingerprint density at radius 3 is 2.59 bits per heavy atom. The molecule has 0 spiro atoms. The van der Waals surface area contributed by atoms with Crippen molar-refractivity contribution in [2.75, 3.05) is 0 Å². The van der Waals surface area contributed by atoms with E-state index in [4.69, 9.17) is 4.74 Å². The molecule has 0 fully saturated rings. The van der Waals surface area contributed by atoms with Gasteiger partial charge in [0.05, 0.1) is 5.39 Å². The number of nitrogens with zero attached hydrogens (tertiary/aromatic N) is 1. The first-order valence-corrected chi connectivity index (χ1v) is 6.09. The second-order valence-electron chi connectivity index (χ2n) is 4.78. The molecule has 17 heavy (non-hydrogen) atoms. The van der Waals surface area contributed by atoms with Gasteiger partial charge in [0.15, 0.2) is 0 Å². The summed E-state index contributed by atoms with van der Waals surface area (Å²) in [5, 5.41) is 1.18. The average Bonchev–Trinajstić information content (AvgIpc) is 2.21. The first-order chi connectivity index (χ1) is 7.88. The molecule has 0 bridgehead atoms. The summed E-state index contributed by atoms with van der Waals surface area (Å²) in [4.78, 5) is 4.11. The van der Waals surface area contributed by atoms with E-state index in [2.05, 4.69) is 20.9 Å². The highest BCUT2D eigenvalue weighted by atomic mass is 79.9. The Morgan fingerprint density at radius 2 is 1.94 bits per heavy atom. The van der Waals surface area contributed by atoms with Crippen molar-refractivity contribution in [3.63, 3.8) is 0 Å². The zero-order chi connectivity index (χ0) is 12.6. The van der Waals surface area contributed by atoms with Crippen molar-refractivity contribution in [3.05, 3.63) is 34.7 Å². The van der Waals surface area contributed by atoms with Crippen LogP contribution in [0, 0.1) is 5.82 Å². The summed E-state index contributed by atoms with van der Waals surface area (Å²) < 4.78 is 20.4. The lowest BCUT2D eigenvalue weighted by atomic mass is 10.1. The van der Waals surface area contributed by atoms with Crippen LogP contribution in [0.4, 0.5) is 4.39 Å². The Hall–Kier alpha value is -1.16. The summed E-state index contributed by atoms with van der Waals surface area (Å²) in [6, 6.07) is 4.85. The Balaban J connectivity index is 2.68. The molecular formula is C13H13BrFNO. The zero-order valence-electron chi connectivity index (χ0n) is 9.92. The lowest BCUT2D eigenvalue weighted by Crippen LogP contribution is -2.23. The molecule has 0 aliphatic heterocycles. The van der Waals surface area contributed by atoms with Crippen molar-refractivity contribution in [2.45, 2.75) is 26.4 Å². The Kier molecular flexibility index (Phi) is 3.08. The zero-order valence-corrected chi connectivity index (χ0v) is 11.5. The monoisotopic (exact) mass is 297 g/mol. The van der Waals surface area contributed by atoms with E-state index >= 15 is 0 Å². The maximum absolute atomic E-state index is 13.9. The van der Waals surface area contributed by atoms with Gasteiger partial charge in [0, 0.05) is 16.1 Å². The van der Waals surface area contributed by atoms with Crippen LogP contribution in [0.1, 0.15) is 20.8 Å². The lowest BCUT2D eigenvalue weighted by Gasteiger charge is -2.21. The van der Waals surface area contributed by atoms with Gasteiger partial charge in [-0.25, -0.2) is 9.37 Å². The molecule has 90 valence electrons. The fourth-order valence-corrected chi connectivity index (χ4v) is 2.02. The van der Waals surface area contributed by atoms with Gasteiger partial charge in [-0.1, -0.05) is 15.9 Å². The highest BCUT2D eigenvalue weighted by Gasteiger charge is 2.17. The molecule has 0 aliphatic carbocycles. The highest BCUT2D eigenvalue weighted by molar-refractivity contribution is 9.10. The molecular weight excluding hydrogens is 285 g/mol. The summed E-state index contributed by atoms with van der Waals surface area (Å²) >= 11 is 3.39. The second-order valence-corrected chi connectivity index (χ2v) is 5.64. The number of pyridine rings is 1. The standard InChI is InChI=1S/C13H13BrFNO/c1-13(2,3)17-12-11-8(6-7-16-12)9(14)4-5-10(11)15/h4-7H,1-3H3. The quantitative estimate of drug-likeness (QED) is 0.782. The minimum Gasteiger partial charge on any atom is -0.471 e. The maximum Gasteiger partial charge on any atom is 0.224 e. The number of hydrogen-bond acceptors (Lipinski definition) is 2. The van der Waals surface area contributed by atoms with Crippen molar-refractivity contribution < 1.29 is 9.13 Å². The van der Waals surface area contributed by atoms with Crippen LogP contribution in [0.25, 0.3) is 10.8 Å². The largest absolute Gasteiger partial charge is 0.471 e. The number of aromatic nitrogens is 1. The number of halogens is 2. The van der Waals surface area contributed by atoms with E-state index in [0.29, 0.717) is 11.3 Å². The van der Waals surface area contributed by atoms with E-state index in [-0.39, 0.29) is 5.82 Å². The fraction of sp³-hybridized carbons (Fsp3) is 0.308. The second kappa shape index (κ2) is 4.26. The average molecular weight is 298 g/mol. The fourth-order valence-electron chi connectivity index (χ4n) is 1.56. The molecule has 2 rings (SSSR count). The third kappa shape index (κ3) is 2.57. The van der Waals surface area contributed by atoms with Crippen molar-refractivity contribution in [1.29, 1.82) is 0 Å². The minimum atomic E-state index is -0.407. The number of benzene rings is 1. The van der Waals surface area contributed by atoms with Gasteiger partial charge in [0.1, 0.15) is 11.4 Å². The number of rotatable bonds is 1. The first kappa shape index (κ1) is 12.3. The minimum absolute atomic E-state index is 0.324. The summed E-state index contributed by atoms with van der Waals surface area (Å²) in [5.41, 5.74) is -0.407. The molecule has 0 aliphatic rings. The van der Waals surface area contributed by atoms with Crippen molar-refractivity contribution in [1.82, 2.24) is 4.98 Å². The van der Waals surface area contributed by atoms with Crippen LogP contribution in [0.15, 0.2) is 28.9 Å². The van der Waals surface area contributed by atoms with Gasteiger partial charge in [0.2, 0.25) is 5.88 Å². The van der Waals surface area contributed by atoms with E-state index in [0.717, 1.165) is 9.86 Å². The number of fused-ring (bicyclic) bond motifs is 1. The van der Waals surface area contributed by atoms with Gasteiger partial charge in [0.25, 0.3) is 0 Å². The van der Waals surface area contributed by atoms with E-state index in [1.807, 2.05) is 20.8 Å². The number of ether oxygens (including phenoxy) is 1. The molecule has 0 radical (unpaired) electrons. The SMILES string of the molecule is CC(C)(C)Oc1nccc2c(Br)ccc(F)c12. The van der Waals surface area contributed by atoms with Crippen LogP contribution < -0.4 is 4.74 Å². The lowest BCUT2D eigenvalue weighted by molar-refractivity contribution is 0.126. The summed E-state index contributed by atoms with van der Waals surface area (Å²) in [6.45, 7) is 5.72. The Bertz CT molecular complexity index is 563. The molecule has 0 amide bonds. The highest BCUT2D eigenvalue weighted by Crippen LogP contribution is 2.32. The van der Waals surface area contributed by atoms with Crippen LogP contribution in [0.2, 0.25) is 0 Å². The molecule has 0 saturated carbocycles. The predicted octanol–water partition coefficient (Wildman–Crippen LogP) is 4.31. The molecule has 2 aromatic rings. The van der Waals surface area contributed by atoms with Crippen molar-refractivity contribution >= 4 is 26.7 Å². The summed E-state index contributed by atoms with van der Waals surface area (Å²) in [7, 11) is 0.